The van der Waals surface area contributed by atoms with Crippen LogP contribution in [-0.2, 0) is 19.6 Å². The van der Waals surface area contributed by atoms with E-state index in [0.29, 0.717) is 19.6 Å². The van der Waals surface area contributed by atoms with Crippen molar-refractivity contribution in [2.24, 2.45) is 0 Å². The number of benzene rings is 2. The van der Waals surface area contributed by atoms with Crippen LogP contribution in [0.25, 0.3) is 11.1 Å². The van der Waals surface area contributed by atoms with Crippen molar-refractivity contribution in [3.05, 3.63) is 87.8 Å². The molecule has 178 valence electrons. The van der Waals surface area contributed by atoms with Crippen LogP contribution in [0.4, 0.5) is 0 Å². The molecule has 1 N–H and O–H groups in total. The summed E-state index contributed by atoms with van der Waals surface area (Å²) in [5.74, 6) is -0.730. The highest BCUT2D eigenvalue weighted by Crippen LogP contribution is 2.25. The summed E-state index contributed by atoms with van der Waals surface area (Å²) in [7, 11) is 0. The molecule has 6 heteroatoms. The van der Waals surface area contributed by atoms with E-state index in [-0.39, 0.29) is 17.6 Å². The molecule has 0 aliphatic carbocycles. The number of carbonyl (C=O) groups is 1. The van der Waals surface area contributed by atoms with E-state index in [0.717, 1.165) is 25.2 Å². The molecule has 0 fully saturated rings. The first-order chi connectivity index (χ1) is 16.4. The van der Waals surface area contributed by atoms with Crippen molar-refractivity contribution in [2.45, 2.75) is 52.9 Å². The number of hydrogen-bond acceptors (Lipinski definition) is 4. The summed E-state index contributed by atoms with van der Waals surface area (Å²) < 4.78 is 1.83. The molecule has 1 aliphatic heterocycles. The summed E-state index contributed by atoms with van der Waals surface area (Å²) >= 11 is 0. The fraction of sp³-hybridized carbons (Fsp3) is 0.357. The van der Waals surface area contributed by atoms with E-state index in [9.17, 15) is 14.7 Å². The van der Waals surface area contributed by atoms with Crippen molar-refractivity contribution < 1.29 is 9.90 Å². The smallest absolute Gasteiger partial charge is 0.274 e. The first kappa shape index (κ1) is 23.8. The molecule has 6 nitrogen and oxygen atoms in total. The molecule has 0 saturated heterocycles. The molecular weight excluding hydrogens is 426 g/mol. The van der Waals surface area contributed by atoms with E-state index in [1.807, 2.05) is 36.6 Å². The van der Waals surface area contributed by atoms with Crippen LogP contribution < -0.4 is 5.43 Å². The highest BCUT2D eigenvalue weighted by Gasteiger charge is 2.31. The van der Waals surface area contributed by atoms with E-state index in [2.05, 4.69) is 48.2 Å². The maximum Gasteiger partial charge on any atom is 0.274 e. The Hall–Kier alpha value is -3.38. The third-order valence-corrected chi connectivity index (χ3v) is 6.39. The number of aromatic hydroxyl groups is 1. The molecule has 1 aromatic heterocycles. The molecule has 1 aliphatic rings. The molecule has 1 amide bonds. The molecule has 4 rings (SSSR count). The van der Waals surface area contributed by atoms with Gasteiger partial charge in [0.05, 0.1) is 0 Å². The lowest BCUT2D eigenvalue weighted by Gasteiger charge is -2.35. The van der Waals surface area contributed by atoms with Gasteiger partial charge < -0.3 is 14.6 Å². The van der Waals surface area contributed by atoms with Gasteiger partial charge in [-0.05, 0) is 49.6 Å². The topological polar surface area (TPSA) is 65.8 Å². The van der Waals surface area contributed by atoms with Crippen LogP contribution in [0, 0.1) is 0 Å². The van der Waals surface area contributed by atoms with Gasteiger partial charge in [-0.1, -0.05) is 55.5 Å². The summed E-state index contributed by atoms with van der Waals surface area (Å²) in [4.78, 5) is 29.6. The normalized spacial score (nSPS) is 13.6. The van der Waals surface area contributed by atoms with Gasteiger partial charge >= 0.3 is 0 Å². The molecule has 34 heavy (non-hydrogen) atoms. The molecule has 0 atom stereocenters. The molecule has 0 saturated carbocycles. The van der Waals surface area contributed by atoms with Crippen LogP contribution in [-0.4, -0.2) is 44.5 Å². The zero-order chi connectivity index (χ0) is 24.2. The van der Waals surface area contributed by atoms with Crippen molar-refractivity contribution >= 4 is 5.91 Å². The monoisotopic (exact) mass is 459 g/mol. The lowest BCUT2D eigenvalue weighted by molar-refractivity contribution is 0.0637. The number of rotatable bonds is 8. The second kappa shape index (κ2) is 10.3. The Morgan fingerprint density at radius 2 is 1.68 bits per heavy atom. The van der Waals surface area contributed by atoms with Gasteiger partial charge in [0.15, 0.2) is 11.4 Å². The third kappa shape index (κ3) is 4.92. The van der Waals surface area contributed by atoms with Crippen molar-refractivity contribution in [1.29, 1.82) is 0 Å². The average molecular weight is 460 g/mol. The lowest BCUT2D eigenvalue weighted by Crippen LogP contribution is -2.46. The number of hydrogen-bond donors (Lipinski definition) is 1. The van der Waals surface area contributed by atoms with E-state index in [4.69, 9.17) is 0 Å². The zero-order valence-electron chi connectivity index (χ0n) is 20.2. The molecule has 0 spiro atoms. The first-order valence-corrected chi connectivity index (χ1v) is 12.0. The van der Waals surface area contributed by atoms with E-state index < -0.39 is 11.2 Å². The minimum Gasteiger partial charge on any atom is -0.503 e. The fourth-order valence-electron chi connectivity index (χ4n) is 4.72. The summed E-state index contributed by atoms with van der Waals surface area (Å²) in [6.45, 7) is 9.25. The zero-order valence-corrected chi connectivity index (χ0v) is 20.2. The molecule has 0 bridgehead atoms. The Morgan fingerprint density at radius 3 is 2.38 bits per heavy atom. The molecular formula is C28H33N3O3. The number of aromatic nitrogens is 1. The van der Waals surface area contributed by atoms with Crippen LogP contribution in [0.3, 0.4) is 0 Å². The average Bonchev–Trinajstić information content (AvgIpc) is 2.83. The lowest BCUT2D eigenvalue weighted by atomic mass is 10.0. The predicted molar refractivity (Wildman–Crippen MR) is 135 cm³/mol. The van der Waals surface area contributed by atoms with Crippen molar-refractivity contribution in [2.75, 3.05) is 13.1 Å². The van der Waals surface area contributed by atoms with E-state index in [1.165, 1.54) is 22.8 Å². The van der Waals surface area contributed by atoms with Gasteiger partial charge in [0.25, 0.3) is 5.91 Å². The van der Waals surface area contributed by atoms with Gasteiger partial charge in [-0.15, -0.1) is 0 Å². The molecule has 0 unspecified atom stereocenters. The molecule has 2 aromatic carbocycles. The predicted octanol–water partition coefficient (Wildman–Crippen LogP) is 4.50. The first-order valence-electron chi connectivity index (χ1n) is 12.0. The van der Waals surface area contributed by atoms with Crippen LogP contribution in [0.1, 0.15) is 48.9 Å². The standard InChI is InChI=1S/C28H33N3O3/c1-4-13-29(18-21-9-8-12-23(16-21)22-10-6-5-7-11-22)19-24-17-25(32)27(33)26-28(34)30(20(2)3)14-15-31(24)26/h5-12,16-17,20,33H,4,13-15,18-19H2,1-3H3. The van der Waals surface area contributed by atoms with Crippen LogP contribution in [0.5, 0.6) is 5.75 Å². The van der Waals surface area contributed by atoms with Gasteiger partial charge in [-0.25, -0.2) is 0 Å². The van der Waals surface area contributed by atoms with Crippen molar-refractivity contribution in [1.82, 2.24) is 14.4 Å². The SMILES string of the molecule is CCCN(Cc1cccc(-c2ccccc2)c1)Cc1cc(=O)c(O)c2n1CCN(C(C)C)C2=O. The Labute approximate surface area is 201 Å². The second-order valence-corrected chi connectivity index (χ2v) is 9.22. The Morgan fingerprint density at radius 1 is 0.941 bits per heavy atom. The summed E-state index contributed by atoms with van der Waals surface area (Å²) in [5, 5.41) is 10.5. The van der Waals surface area contributed by atoms with Crippen LogP contribution >= 0.6 is 0 Å². The highest BCUT2D eigenvalue weighted by molar-refractivity contribution is 5.96. The number of pyridine rings is 1. The summed E-state index contributed by atoms with van der Waals surface area (Å²) in [6, 6.07) is 20.3. The quantitative estimate of drug-likeness (QED) is 0.539. The van der Waals surface area contributed by atoms with Gasteiger partial charge in [-0.2, -0.15) is 0 Å². The molecule has 2 heterocycles. The van der Waals surface area contributed by atoms with Crippen LogP contribution in [0.15, 0.2) is 65.5 Å². The number of carbonyl (C=O) groups excluding carboxylic acids is 1. The Kier molecular flexibility index (Phi) is 7.17. The summed E-state index contributed by atoms with van der Waals surface area (Å²) in [5.41, 5.74) is 3.93. The fourth-order valence-corrected chi connectivity index (χ4v) is 4.72. The van der Waals surface area contributed by atoms with Gasteiger partial charge in [0.1, 0.15) is 0 Å². The van der Waals surface area contributed by atoms with Gasteiger partial charge in [-0.3, -0.25) is 14.5 Å². The number of fused-ring (bicyclic) bond motifs is 1. The van der Waals surface area contributed by atoms with Crippen molar-refractivity contribution in [3.63, 3.8) is 0 Å². The Balaban J connectivity index is 1.63. The van der Waals surface area contributed by atoms with Crippen LogP contribution in [0.2, 0.25) is 0 Å². The van der Waals surface area contributed by atoms with Gasteiger partial charge in [0, 0.05) is 44.0 Å². The maximum atomic E-state index is 13.1. The third-order valence-electron chi connectivity index (χ3n) is 6.39. The van der Waals surface area contributed by atoms with Crippen molar-refractivity contribution in [3.8, 4) is 16.9 Å². The minimum absolute atomic E-state index is 0.00730. The van der Waals surface area contributed by atoms with E-state index in [1.54, 1.807) is 4.90 Å². The summed E-state index contributed by atoms with van der Waals surface area (Å²) in [6.07, 6.45) is 0.966. The highest BCUT2D eigenvalue weighted by atomic mass is 16.3. The molecule has 0 radical (unpaired) electrons. The minimum atomic E-state index is -0.497. The molecule has 3 aromatic rings. The van der Waals surface area contributed by atoms with E-state index >= 15 is 0 Å². The number of nitrogens with zero attached hydrogens (tertiary/aromatic N) is 3. The van der Waals surface area contributed by atoms with Gasteiger partial charge in [0.2, 0.25) is 5.43 Å². The maximum absolute atomic E-state index is 13.1. The number of amides is 1. The second-order valence-electron chi connectivity index (χ2n) is 9.22. The largest absolute Gasteiger partial charge is 0.503 e. The Bertz CT molecular complexity index is 1220.